The van der Waals surface area contributed by atoms with E-state index < -0.39 is 0 Å². The fourth-order valence-corrected chi connectivity index (χ4v) is 1.99. The molecule has 1 amide bonds. The number of hydrogen-bond acceptors (Lipinski definition) is 3. The molecule has 0 aromatic heterocycles. The average molecular weight is 291 g/mol. The highest BCUT2D eigenvalue weighted by molar-refractivity contribution is 6.31. The lowest BCUT2D eigenvalue weighted by molar-refractivity contribution is 0.102. The molecular formula is C15H15ClN2O2. The first-order valence-electron chi connectivity index (χ1n) is 6.02. The number of carbonyl (C=O) groups is 1. The maximum atomic E-state index is 12.3. The number of amides is 1. The summed E-state index contributed by atoms with van der Waals surface area (Å²) in [6.07, 6.45) is 0. The van der Waals surface area contributed by atoms with Gasteiger partial charge in [0.2, 0.25) is 0 Å². The number of halogens is 1. The lowest BCUT2D eigenvalue weighted by Crippen LogP contribution is -2.14. The first-order chi connectivity index (χ1) is 9.51. The number of rotatable bonds is 3. The molecule has 0 unspecified atom stereocenters. The van der Waals surface area contributed by atoms with Crippen LogP contribution in [0.15, 0.2) is 36.4 Å². The maximum Gasteiger partial charge on any atom is 0.259 e. The molecule has 0 bridgehead atoms. The van der Waals surface area contributed by atoms with Crippen molar-refractivity contribution in [2.45, 2.75) is 6.92 Å². The van der Waals surface area contributed by atoms with E-state index in [9.17, 15) is 4.79 Å². The highest BCUT2D eigenvalue weighted by Gasteiger charge is 2.13. The normalized spacial score (nSPS) is 10.2. The second-order valence-corrected chi connectivity index (χ2v) is 4.81. The Morgan fingerprint density at radius 1 is 1.25 bits per heavy atom. The smallest absolute Gasteiger partial charge is 0.259 e. The van der Waals surface area contributed by atoms with Crippen LogP contribution in [0.2, 0.25) is 5.02 Å². The fourth-order valence-electron chi connectivity index (χ4n) is 1.81. The van der Waals surface area contributed by atoms with Crippen LogP contribution in [0.5, 0.6) is 5.75 Å². The van der Waals surface area contributed by atoms with Crippen molar-refractivity contribution >= 4 is 28.9 Å². The van der Waals surface area contributed by atoms with Crippen LogP contribution in [-0.4, -0.2) is 13.0 Å². The van der Waals surface area contributed by atoms with Crippen molar-refractivity contribution in [3.63, 3.8) is 0 Å². The Labute approximate surface area is 122 Å². The van der Waals surface area contributed by atoms with Gasteiger partial charge >= 0.3 is 0 Å². The van der Waals surface area contributed by atoms with Gasteiger partial charge in [0, 0.05) is 22.5 Å². The quantitative estimate of drug-likeness (QED) is 0.851. The molecule has 0 spiro atoms. The molecule has 4 nitrogen and oxygen atoms in total. The number of hydrogen-bond donors (Lipinski definition) is 2. The predicted octanol–water partition coefficient (Wildman–Crippen LogP) is 3.49. The summed E-state index contributed by atoms with van der Waals surface area (Å²) in [6, 6.07) is 10.2. The summed E-state index contributed by atoms with van der Waals surface area (Å²) in [5.41, 5.74) is 8.22. The van der Waals surface area contributed by atoms with E-state index in [0.29, 0.717) is 27.7 Å². The number of methoxy groups -OCH3 is 1. The minimum Gasteiger partial charge on any atom is -0.496 e. The minimum absolute atomic E-state index is 0.271. The van der Waals surface area contributed by atoms with E-state index >= 15 is 0 Å². The number of anilines is 2. The molecule has 0 saturated carbocycles. The SMILES string of the molecule is COc1cc(N)ccc1C(=O)Nc1cc(Cl)ccc1C. The molecule has 0 aliphatic carbocycles. The van der Waals surface area contributed by atoms with E-state index in [1.165, 1.54) is 7.11 Å². The topological polar surface area (TPSA) is 64.3 Å². The molecule has 0 aliphatic heterocycles. The summed E-state index contributed by atoms with van der Waals surface area (Å²) in [4.78, 5) is 12.3. The second-order valence-electron chi connectivity index (χ2n) is 4.37. The van der Waals surface area contributed by atoms with Gasteiger partial charge in [0.1, 0.15) is 5.75 Å². The van der Waals surface area contributed by atoms with E-state index in [-0.39, 0.29) is 5.91 Å². The minimum atomic E-state index is -0.271. The Hall–Kier alpha value is -2.20. The van der Waals surface area contributed by atoms with Crippen LogP contribution in [0.3, 0.4) is 0 Å². The zero-order valence-corrected chi connectivity index (χ0v) is 12.0. The number of ether oxygens (including phenoxy) is 1. The van der Waals surface area contributed by atoms with E-state index in [0.717, 1.165) is 5.56 Å². The number of nitrogen functional groups attached to an aromatic ring is 1. The first-order valence-corrected chi connectivity index (χ1v) is 6.40. The highest BCUT2D eigenvalue weighted by Crippen LogP contribution is 2.25. The first kappa shape index (κ1) is 14.2. The van der Waals surface area contributed by atoms with E-state index in [1.807, 2.05) is 13.0 Å². The van der Waals surface area contributed by atoms with Crippen molar-refractivity contribution in [2.24, 2.45) is 0 Å². The van der Waals surface area contributed by atoms with Crippen molar-refractivity contribution < 1.29 is 9.53 Å². The van der Waals surface area contributed by atoms with E-state index in [2.05, 4.69) is 5.32 Å². The van der Waals surface area contributed by atoms with Gasteiger partial charge in [-0.05, 0) is 36.8 Å². The molecule has 0 radical (unpaired) electrons. The Morgan fingerprint density at radius 3 is 2.70 bits per heavy atom. The summed E-state index contributed by atoms with van der Waals surface area (Å²) >= 11 is 5.93. The molecule has 20 heavy (non-hydrogen) atoms. The monoisotopic (exact) mass is 290 g/mol. The molecule has 0 fully saturated rings. The van der Waals surface area contributed by atoms with Crippen LogP contribution in [0.4, 0.5) is 11.4 Å². The van der Waals surface area contributed by atoms with Gasteiger partial charge < -0.3 is 15.8 Å². The Balaban J connectivity index is 2.30. The van der Waals surface area contributed by atoms with Crippen molar-refractivity contribution in [3.05, 3.63) is 52.5 Å². The molecule has 3 N–H and O–H groups in total. The van der Waals surface area contributed by atoms with Gasteiger partial charge in [-0.1, -0.05) is 17.7 Å². The standard InChI is InChI=1S/C15H15ClN2O2/c1-9-3-4-10(16)7-13(9)18-15(19)12-6-5-11(17)8-14(12)20-2/h3-8H,17H2,1-2H3,(H,18,19). The van der Waals surface area contributed by atoms with Gasteiger partial charge in [-0.3, -0.25) is 4.79 Å². The van der Waals surface area contributed by atoms with Crippen LogP contribution in [0.1, 0.15) is 15.9 Å². The van der Waals surface area contributed by atoms with Crippen molar-refractivity contribution in [2.75, 3.05) is 18.2 Å². The lowest BCUT2D eigenvalue weighted by atomic mass is 10.1. The molecule has 5 heteroatoms. The average Bonchev–Trinajstić information content (AvgIpc) is 2.42. The number of nitrogens with two attached hydrogens (primary N) is 1. The molecule has 0 saturated heterocycles. The Kier molecular flexibility index (Phi) is 4.15. The molecule has 2 aromatic carbocycles. The van der Waals surface area contributed by atoms with Gasteiger partial charge in [0.25, 0.3) is 5.91 Å². The molecule has 0 heterocycles. The van der Waals surface area contributed by atoms with Crippen molar-refractivity contribution in [1.29, 1.82) is 0 Å². The third-order valence-electron chi connectivity index (χ3n) is 2.92. The largest absolute Gasteiger partial charge is 0.496 e. The summed E-state index contributed by atoms with van der Waals surface area (Å²) in [7, 11) is 1.50. The molecule has 104 valence electrons. The molecule has 2 rings (SSSR count). The van der Waals surface area contributed by atoms with Crippen LogP contribution in [0, 0.1) is 6.92 Å². The second kappa shape index (κ2) is 5.84. The summed E-state index contributed by atoms with van der Waals surface area (Å²) in [6.45, 7) is 1.89. The van der Waals surface area contributed by atoms with E-state index in [1.54, 1.807) is 30.3 Å². The predicted molar refractivity (Wildman–Crippen MR) is 81.5 cm³/mol. The van der Waals surface area contributed by atoms with Crippen molar-refractivity contribution in [3.8, 4) is 5.75 Å². The summed E-state index contributed by atoms with van der Waals surface area (Å²) in [5.74, 6) is 0.161. The van der Waals surface area contributed by atoms with E-state index in [4.69, 9.17) is 22.1 Å². The van der Waals surface area contributed by atoms with Gasteiger partial charge in [-0.2, -0.15) is 0 Å². The zero-order valence-electron chi connectivity index (χ0n) is 11.2. The van der Waals surface area contributed by atoms with Gasteiger partial charge in [-0.15, -0.1) is 0 Å². The van der Waals surface area contributed by atoms with Gasteiger partial charge in [0.05, 0.1) is 12.7 Å². The zero-order chi connectivity index (χ0) is 14.7. The van der Waals surface area contributed by atoms with Crippen molar-refractivity contribution in [1.82, 2.24) is 0 Å². The molecule has 0 atom stereocenters. The third kappa shape index (κ3) is 3.03. The molecule has 0 aliphatic rings. The Bertz CT molecular complexity index is 656. The number of nitrogens with one attached hydrogen (secondary N) is 1. The fraction of sp³-hybridized carbons (Fsp3) is 0.133. The van der Waals surface area contributed by atoms with Gasteiger partial charge in [0.15, 0.2) is 0 Å². The van der Waals surface area contributed by atoms with Gasteiger partial charge in [-0.25, -0.2) is 0 Å². The number of benzene rings is 2. The lowest BCUT2D eigenvalue weighted by Gasteiger charge is -2.12. The highest BCUT2D eigenvalue weighted by atomic mass is 35.5. The van der Waals surface area contributed by atoms with Crippen LogP contribution in [-0.2, 0) is 0 Å². The summed E-state index contributed by atoms with van der Waals surface area (Å²) < 4.78 is 5.17. The summed E-state index contributed by atoms with van der Waals surface area (Å²) in [5, 5.41) is 3.38. The molecule has 2 aromatic rings. The van der Waals surface area contributed by atoms with Crippen LogP contribution < -0.4 is 15.8 Å². The Morgan fingerprint density at radius 2 is 2.00 bits per heavy atom. The number of aryl methyl sites for hydroxylation is 1. The third-order valence-corrected chi connectivity index (χ3v) is 3.15. The molecular weight excluding hydrogens is 276 g/mol. The van der Waals surface area contributed by atoms with Crippen LogP contribution in [0.25, 0.3) is 0 Å². The van der Waals surface area contributed by atoms with Crippen LogP contribution >= 0.6 is 11.6 Å². The maximum absolute atomic E-state index is 12.3. The number of carbonyl (C=O) groups excluding carboxylic acids is 1.